The number of likely N-dealkylation sites (tertiary alicyclic amines) is 1. The van der Waals surface area contributed by atoms with Crippen molar-refractivity contribution in [3.63, 3.8) is 0 Å². The van der Waals surface area contributed by atoms with Gasteiger partial charge in [0.2, 0.25) is 0 Å². The molecule has 7 heteroatoms. The van der Waals surface area contributed by atoms with Crippen molar-refractivity contribution < 1.29 is 18.7 Å². The number of urea groups is 1. The predicted molar refractivity (Wildman–Crippen MR) is 87.9 cm³/mol. The van der Waals surface area contributed by atoms with Gasteiger partial charge >= 0.3 is 6.03 Å². The van der Waals surface area contributed by atoms with Crippen molar-refractivity contribution in [1.82, 2.24) is 15.1 Å². The maximum absolute atomic E-state index is 12.5. The molecule has 7 nitrogen and oxygen atoms in total. The van der Waals surface area contributed by atoms with Crippen molar-refractivity contribution in [2.24, 2.45) is 0 Å². The third kappa shape index (κ3) is 3.26. The summed E-state index contributed by atoms with van der Waals surface area (Å²) in [5, 5.41) is 2.98. The summed E-state index contributed by atoms with van der Waals surface area (Å²) in [5.41, 5.74) is 0.418. The van der Waals surface area contributed by atoms with Gasteiger partial charge in [0.05, 0.1) is 30.1 Å². The highest BCUT2D eigenvalue weighted by Crippen LogP contribution is 2.36. The Morgan fingerprint density at radius 2 is 2.04 bits per heavy atom. The third-order valence-electron chi connectivity index (χ3n) is 4.99. The lowest BCUT2D eigenvalue weighted by atomic mass is 9.87. The molecule has 0 bridgehead atoms. The first kappa shape index (κ1) is 16.8. The summed E-state index contributed by atoms with van der Waals surface area (Å²) in [4.78, 5) is 27.7. The molecular weight excluding hydrogens is 310 g/mol. The summed E-state index contributed by atoms with van der Waals surface area (Å²) in [6.07, 6.45) is 3.94. The molecule has 0 radical (unpaired) electrons. The minimum atomic E-state index is -0.216. The second kappa shape index (κ2) is 6.47. The van der Waals surface area contributed by atoms with E-state index in [-0.39, 0.29) is 23.6 Å². The quantitative estimate of drug-likeness (QED) is 0.891. The molecule has 0 saturated carbocycles. The van der Waals surface area contributed by atoms with E-state index in [2.05, 4.69) is 5.32 Å². The van der Waals surface area contributed by atoms with Crippen molar-refractivity contribution in [3.8, 4) is 0 Å². The second-order valence-corrected chi connectivity index (χ2v) is 6.92. The van der Waals surface area contributed by atoms with Gasteiger partial charge in [-0.1, -0.05) is 0 Å². The molecule has 2 saturated heterocycles. The molecule has 3 rings (SSSR count). The highest BCUT2D eigenvalue weighted by molar-refractivity contribution is 5.95. The molecule has 1 N–H and O–H groups in total. The molecule has 3 amide bonds. The molecule has 1 spiro atoms. The Morgan fingerprint density at radius 3 is 2.62 bits per heavy atom. The Labute approximate surface area is 141 Å². The molecule has 3 heterocycles. The monoisotopic (exact) mass is 335 g/mol. The Bertz CT molecular complexity index is 617. The van der Waals surface area contributed by atoms with Gasteiger partial charge in [0, 0.05) is 27.2 Å². The van der Waals surface area contributed by atoms with E-state index in [9.17, 15) is 9.59 Å². The van der Waals surface area contributed by atoms with E-state index >= 15 is 0 Å². The zero-order chi connectivity index (χ0) is 17.3. The molecule has 1 aromatic heterocycles. The molecule has 0 aliphatic carbocycles. The normalized spacial score (nSPS) is 22.6. The van der Waals surface area contributed by atoms with Crippen LogP contribution in [0.2, 0.25) is 0 Å². The number of aryl methyl sites for hydroxylation is 1. The molecule has 24 heavy (non-hydrogen) atoms. The number of carbonyl (C=O) groups excluding carboxylic acids is 2. The zero-order valence-electron chi connectivity index (χ0n) is 14.5. The summed E-state index contributed by atoms with van der Waals surface area (Å²) >= 11 is 0. The van der Waals surface area contributed by atoms with E-state index in [0.29, 0.717) is 31.0 Å². The fraction of sp³-hybridized carbons (Fsp3) is 0.647. The number of rotatable bonds is 2. The van der Waals surface area contributed by atoms with Crippen molar-refractivity contribution >= 4 is 11.9 Å². The van der Waals surface area contributed by atoms with Gasteiger partial charge < -0.3 is 24.3 Å². The zero-order valence-corrected chi connectivity index (χ0v) is 14.5. The molecule has 132 valence electrons. The average molecular weight is 335 g/mol. The average Bonchev–Trinajstić information content (AvgIpc) is 3.14. The van der Waals surface area contributed by atoms with Crippen LogP contribution in [0, 0.1) is 6.92 Å². The van der Waals surface area contributed by atoms with E-state index in [1.165, 1.54) is 4.90 Å². The van der Waals surface area contributed by atoms with Crippen LogP contribution in [0.25, 0.3) is 0 Å². The van der Waals surface area contributed by atoms with Crippen LogP contribution >= 0.6 is 0 Å². The highest BCUT2D eigenvalue weighted by atomic mass is 16.5. The van der Waals surface area contributed by atoms with Gasteiger partial charge in [0.25, 0.3) is 5.91 Å². The lowest BCUT2D eigenvalue weighted by Crippen LogP contribution is -2.47. The largest absolute Gasteiger partial charge is 0.469 e. The Morgan fingerprint density at radius 1 is 1.33 bits per heavy atom. The number of furan rings is 1. The van der Waals surface area contributed by atoms with Crippen LogP contribution in [0.5, 0.6) is 0 Å². The smallest absolute Gasteiger partial charge is 0.317 e. The number of hydrogen-bond acceptors (Lipinski definition) is 4. The number of nitrogens with one attached hydrogen (secondary N) is 1. The summed E-state index contributed by atoms with van der Waals surface area (Å²) in [5.74, 6) is 0.676. The lowest BCUT2D eigenvalue weighted by Gasteiger charge is -2.38. The van der Waals surface area contributed by atoms with Gasteiger partial charge in [-0.3, -0.25) is 4.79 Å². The first-order valence-corrected chi connectivity index (χ1v) is 8.35. The van der Waals surface area contributed by atoms with Crippen LogP contribution in [0.1, 0.15) is 35.4 Å². The minimum Gasteiger partial charge on any atom is -0.469 e. The predicted octanol–water partition coefficient (Wildman–Crippen LogP) is 1.62. The molecule has 1 unspecified atom stereocenters. The first-order chi connectivity index (χ1) is 11.4. The van der Waals surface area contributed by atoms with E-state index in [0.717, 1.165) is 19.3 Å². The molecule has 2 aliphatic heterocycles. The van der Waals surface area contributed by atoms with E-state index in [4.69, 9.17) is 9.15 Å². The minimum absolute atomic E-state index is 0.0200. The molecule has 1 aromatic rings. The molecule has 2 aliphatic rings. The van der Waals surface area contributed by atoms with Gasteiger partial charge in [-0.05, 0) is 32.3 Å². The van der Waals surface area contributed by atoms with E-state index < -0.39 is 0 Å². The van der Waals surface area contributed by atoms with Gasteiger partial charge in [0.1, 0.15) is 5.76 Å². The number of carbonyl (C=O) groups is 2. The summed E-state index contributed by atoms with van der Waals surface area (Å²) in [6.45, 7) is 3.67. The lowest BCUT2D eigenvalue weighted by molar-refractivity contribution is -0.0389. The standard InChI is InChI=1S/C17H25N3O4/c1-12-14(4-9-23-12)15(21)20-7-5-17(6-8-20)10-13(11-24-17)18-16(22)19(2)3/h4,9,13H,5-8,10-11H2,1-3H3,(H,18,22). The summed E-state index contributed by atoms with van der Waals surface area (Å²) in [7, 11) is 3.45. The number of hydrogen-bond donors (Lipinski definition) is 1. The van der Waals surface area contributed by atoms with Crippen molar-refractivity contribution in [2.75, 3.05) is 33.8 Å². The molecule has 1 atom stereocenters. The van der Waals surface area contributed by atoms with Crippen molar-refractivity contribution in [2.45, 2.75) is 37.8 Å². The van der Waals surface area contributed by atoms with E-state index in [1.807, 2.05) is 4.90 Å². The van der Waals surface area contributed by atoms with Crippen molar-refractivity contribution in [3.05, 3.63) is 23.7 Å². The van der Waals surface area contributed by atoms with Crippen LogP contribution in [0.4, 0.5) is 4.79 Å². The number of piperidine rings is 1. The number of ether oxygens (including phenoxy) is 1. The highest BCUT2D eigenvalue weighted by Gasteiger charge is 2.44. The fourth-order valence-electron chi connectivity index (χ4n) is 3.48. The second-order valence-electron chi connectivity index (χ2n) is 6.92. The number of nitrogens with zero attached hydrogens (tertiary/aromatic N) is 2. The maximum Gasteiger partial charge on any atom is 0.317 e. The maximum atomic E-state index is 12.5. The van der Waals surface area contributed by atoms with Gasteiger partial charge in [-0.15, -0.1) is 0 Å². The van der Waals surface area contributed by atoms with Gasteiger partial charge in [-0.25, -0.2) is 4.79 Å². The molecular formula is C17H25N3O4. The first-order valence-electron chi connectivity index (χ1n) is 8.35. The van der Waals surface area contributed by atoms with Crippen LogP contribution < -0.4 is 5.32 Å². The topological polar surface area (TPSA) is 75.0 Å². The number of amides is 3. The van der Waals surface area contributed by atoms with Gasteiger partial charge in [-0.2, -0.15) is 0 Å². The van der Waals surface area contributed by atoms with E-state index in [1.54, 1.807) is 33.3 Å². The third-order valence-corrected chi connectivity index (χ3v) is 4.99. The van der Waals surface area contributed by atoms with Gasteiger partial charge in [0.15, 0.2) is 0 Å². The SMILES string of the molecule is Cc1occc1C(=O)N1CCC2(CC1)CC(NC(=O)N(C)C)CO2. The van der Waals surface area contributed by atoms with Crippen molar-refractivity contribution in [1.29, 1.82) is 0 Å². The summed E-state index contributed by atoms with van der Waals surface area (Å²) in [6, 6.07) is 1.67. The molecule has 2 fully saturated rings. The van der Waals surface area contributed by atoms with Crippen LogP contribution in [0.3, 0.4) is 0 Å². The Hall–Kier alpha value is -2.02. The van der Waals surface area contributed by atoms with Crippen LogP contribution in [-0.4, -0.2) is 67.2 Å². The summed E-state index contributed by atoms with van der Waals surface area (Å²) < 4.78 is 11.3. The Kier molecular flexibility index (Phi) is 4.54. The Balaban J connectivity index is 1.55. The van der Waals surface area contributed by atoms with Crippen LogP contribution in [0.15, 0.2) is 16.7 Å². The van der Waals surface area contributed by atoms with Crippen LogP contribution in [-0.2, 0) is 4.74 Å². The fourth-order valence-corrected chi connectivity index (χ4v) is 3.48. The molecule has 0 aromatic carbocycles.